The third kappa shape index (κ3) is 3.77. The van der Waals surface area contributed by atoms with Crippen molar-refractivity contribution in [2.45, 2.75) is 31.4 Å². The number of rotatable bonds is 3. The summed E-state index contributed by atoms with van der Waals surface area (Å²) in [5.74, 6) is -1.76. The van der Waals surface area contributed by atoms with Gasteiger partial charge in [0.05, 0.1) is 21.7 Å². The highest BCUT2D eigenvalue weighted by Gasteiger charge is 2.44. The summed E-state index contributed by atoms with van der Waals surface area (Å²) in [4.78, 5) is 10.8. The van der Waals surface area contributed by atoms with E-state index in [2.05, 4.69) is 4.74 Å². The van der Waals surface area contributed by atoms with E-state index in [4.69, 9.17) is 32.7 Å². The number of fused-ring (bicyclic) bond motifs is 1. The van der Waals surface area contributed by atoms with Crippen LogP contribution in [0.4, 0.5) is 18.0 Å². The lowest BCUT2D eigenvalue weighted by Gasteiger charge is -2.25. The van der Waals surface area contributed by atoms with E-state index in [1.807, 2.05) is 0 Å². The third-order valence-corrected chi connectivity index (χ3v) is 5.74. The van der Waals surface area contributed by atoms with Gasteiger partial charge in [-0.25, -0.2) is 4.79 Å². The number of nitrogens with zero attached hydrogens (tertiary/aromatic N) is 1. The number of benzene rings is 1. The lowest BCUT2D eigenvalue weighted by molar-refractivity contribution is -0.153. The van der Waals surface area contributed by atoms with Crippen molar-refractivity contribution in [3.8, 4) is 23.1 Å². The van der Waals surface area contributed by atoms with Crippen molar-refractivity contribution in [2.24, 2.45) is 0 Å². The first-order chi connectivity index (χ1) is 14.1. The lowest BCUT2D eigenvalue weighted by Crippen LogP contribution is -2.25. The first-order valence-electron chi connectivity index (χ1n) is 8.93. The molecule has 0 fully saturated rings. The van der Waals surface area contributed by atoms with E-state index in [0.717, 1.165) is 0 Å². The highest BCUT2D eigenvalue weighted by Crippen LogP contribution is 2.47. The van der Waals surface area contributed by atoms with Crippen LogP contribution in [0.5, 0.6) is 5.95 Å². The zero-order valence-electron chi connectivity index (χ0n) is 15.2. The largest absolute Gasteiger partial charge is 0.513 e. The fraction of sp³-hybridized carbons (Fsp3) is 0.250. The number of hydrogen-bond acceptors (Lipinski definition) is 3. The molecule has 3 aromatic rings. The quantitative estimate of drug-likeness (QED) is 0.424. The van der Waals surface area contributed by atoms with Crippen molar-refractivity contribution in [3.05, 3.63) is 57.7 Å². The van der Waals surface area contributed by atoms with E-state index in [9.17, 15) is 18.0 Å². The summed E-state index contributed by atoms with van der Waals surface area (Å²) >= 11 is 12.1. The van der Waals surface area contributed by atoms with E-state index in [0.29, 0.717) is 34.8 Å². The van der Waals surface area contributed by atoms with Crippen molar-refractivity contribution < 1.29 is 32.2 Å². The molecule has 158 valence electrons. The summed E-state index contributed by atoms with van der Waals surface area (Å²) in [7, 11) is 0. The average Bonchev–Trinajstić information content (AvgIpc) is 3.26. The van der Waals surface area contributed by atoms with Gasteiger partial charge in [0, 0.05) is 23.4 Å². The van der Waals surface area contributed by atoms with Crippen molar-refractivity contribution >= 4 is 29.4 Å². The molecular weight excluding hydrogens is 446 g/mol. The number of ether oxygens (including phenoxy) is 1. The van der Waals surface area contributed by atoms with E-state index in [1.165, 1.54) is 18.2 Å². The van der Waals surface area contributed by atoms with E-state index in [1.54, 1.807) is 22.8 Å². The summed E-state index contributed by atoms with van der Waals surface area (Å²) < 4.78 is 52.5. The standard InChI is InChI=1S/C20H14Cl2F3NO4/c21-13-5-4-10(8-14(13)22)16-9-11-12(20(23,24)25)2-1-3-15(11)26(16)17-6-7-18(29-17)30-19(27)28/h4-9,12H,1-3H2,(H,27,28). The first kappa shape index (κ1) is 20.7. The fourth-order valence-electron chi connectivity index (χ4n) is 3.79. The van der Waals surface area contributed by atoms with Gasteiger partial charge in [0.1, 0.15) is 0 Å². The molecular formula is C20H14Cl2F3NO4. The molecule has 0 bridgehead atoms. The van der Waals surface area contributed by atoms with Gasteiger partial charge >= 0.3 is 12.3 Å². The Labute approximate surface area is 178 Å². The predicted molar refractivity (Wildman–Crippen MR) is 104 cm³/mol. The average molecular weight is 460 g/mol. The Kier molecular flexibility index (Phi) is 5.23. The van der Waals surface area contributed by atoms with Gasteiger partial charge in [-0.2, -0.15) is 13.2 Å². The summed E-state index contributed by atoms with van der Waals surface area (Å²) in [5, 5.41) is 9.33. The fourth-order valence-corrected chi connectivity index (χ4v) is 4.09. The molecule has 0 spiro atoms. The molecule has 2 aromatic heterocycles. The lowest BCUT2D eigenvalue weighted by atomic mass is 9.86. The molecule has 1 atom stereocenters. The van der Waals surface area contributed by atoms with Gasteiger partial charge in [0.15, 0.2) is 0 Å². The zero-order valence-corrected chi connectivity index (χ0v) is 16.7. The minimum atomic E-state index is -4.39. The molecule has 1 N–H and O–H groups in total. The van der Waals surface area contributed by atoms with Crippen molar-refractivity contribution in [1.29, 1.82) is 0 Å². The SMILES string of the molecule is O=C(O)Oc1ccc(-n2c(-c3ccc(Cl)c(Cl)c3)cc3c2CCCC3C(F)(F)F)o1. The van der Waals surface area contributed by atoms with Gasteiger partial charge in [0.2, 0.25) is 5.88 Å². The van der Waals surface area contributed by atoms with Gasteiger partial charge in [-0.1, -0.05) is 29.3 Å². The molecule has 0 aliphatic heterocycles. The Bertz CT molecular complexity index is 1120. The number of aromatic nitrogens is 1. The molecule has 30 heavy (non-hydrogen) atoms. The van der Waals surface area contributed by atoms with Gasteiger partial charge in [-0.05, 0) is 43.0 Å². The first-order valence-corrected chi connectivity index (χ1v) is 9.68. The van der Waals surface area contributed by atoms with Crippen LogP contribution in [0.2, 0.25) is 10.0 Å². The molecule has 0 radical (unpaired) electrons. The number of halogens is 5. The summed E-state index contributed by atoms with van der Waals surface area (Å²) in [5.41, 5.74) is 1.57. The molecule has 1 aliphatic rings. The molecule has 0 amide bonds. The summed E-state index contributed by atoms with van der Waals surface area (Å²) in [6.07, 6.45) is -5.21. The second-order valence-electron chi connectivity index (χ2n) is 6.84. The van der Waals surface area contributed by atoms with Gasteiger partial charge in [-0.3, -0.25) is 4.57 Å². The molecule has 0 saturated carbocycles. The van der Waals surface area contributed by atoms with Crippen LogP contribution in [0, 0.1) is 0 Å². The second-order valence-corrected chi connectivity index (χ2v) is 7.66. The minimum Gasteiger partial charge on any atom is -0.449 e. The van der Waals surface area contributed by atoms with Gasteiger partial charge < -0.3 is 14.3 Å². The highest BCUT2D eigenvalue weighted by atomic mass is 35.5. The Hall–Kier alpha value is -2.58. The van der Waals surface area contributed by atoms with Crippen LogP contribution in [0.1, 0.15) is 30.0 Å². The molecule has 0 saturated heterocycles. The Morgan fingerprint density at radius 2 is 1.93 bits per heavy atom. The summed E-state index contributed by atoms with van der Waals surface area (Å²) in [6, 6.07) is 8.97. The van der Waals surface area contributed by atoms with Crippen LogP contribution < -0.4 is 4.74 Å². The Morgan fingerprint density at radius 3 is 2.60 bits per heavy atom. The van der Waals surface area contributed by atoms with E-state index in [-0.39, 0.29) is 28.8 Å². The number of furan rings is 1. The molecule has 1 aromatic carbocycles. The Balaban J connectivity index is 1.92. The van der Waals surface area contributed by atoms with Crippen molar-refractivity contribution in [1.82, 2.24) is 4.57 Å². The van der Waals surface area contributed by atoms with Gasteiger partial charge in [0.25, 0.3) is 5.95 Å². The van der Waals surface area contributed by atoms with Crippen LogP contribution in [0.15, 0.2) is 40.8 Å². The third-order valence-electron chi connectivity index (χ3n) is 5.00. The van der Waals surface area contributed by atoms with Crippen LogP contribution in [0.25, 0.3) is 17.1 Å². The van der Waals surface area contributed by atoms with Crippen LogP contribution in [0.3, 0.4) is 0 Å². The zero-order chi connectivity index (χ0) is 21.6. The van der Waals surface area contributed by atoms with Crippen molar-refractivity contribution in [3.63, 3.8) is 0 Å². The maximum atomic E-state index is 13.7. The predicted octanol–water partition coefficient (Wildman–Crippen LogP) is 7.08. The molecule has 10 heteroatoms. The number of hydrogen-bond donors (Lipinski definition) is 1. The Morgan fingerprint density at radius 1 is 1.17 bits per heavy atom. The minimum absolute atomic E-state index is 0.00709. The molecule has 1 unspecified atom stereocenters. The number of carboxylic acid groups (broad SMARTS) is 1. The topological polar surface area (TPSA) is 64.6 Å². The molecule has 4 rings (SSSR count). The summed E-state index contributed by atoms with van der Waals surface area (Å²) in [6.45, 7) is 0. The van der Waals surface area contributed by atoms with E-state index >= 15 is 0 Å². The highest BCUT2D eigenvalue weighted by molar-refractivity contribution is 6.42. The van der Waals surface area contributed by atoms with Crippen LogP contribution in [-0.4, -0.2) is 22.0 Å². The maximum absolute atomic E-state index is 13.7. The smallest absolute Gasteiger partial charge is 0.449 e. The second kappa shape index (κ2) is 7.59. The molecule has 5 nitrogen and oxygen atoms in total. The number of carbonyl (C=O) groups is 1. The van der Waals surface area contributed by atoms with Crippen LogP contribution in [-0.2, 0) is 6.42 Å². The molecule has 1 aliphatic carbocycles. The van der Waals surface area contributed by atoms with E-state index < -0.39 is 18.2 Å². The normalized spacial score (nSPS) is 16.4. The monoisotopic (exact) mass is 459 g/mol. The number of alkyl halides is 3. The molecule has 2 heterocycles. The maximum Gasteiger partial charge on any atom is 0.513 e. The van der Waals surface area contributed by atoms with Crippen molar-refractivity contribution in [2.75, 3.05) is 0 Å². The van der Waals surface area contributed by atoms with Crippen LogP contribution >= 0.6 is 23.2 Å². The van der Waals surface area contributed by atoms with Gasteiger partial charge in [-0.15, -0.1) is 0 Å².